The minimum Gasteiger partial charge on any atom is -0.368 e. The van der Waals surface area contributed by atoms with Crippen LogP contribution in [0.4, 0.5) is 4.39 Å². The van der Waals surface area contributed by atoms with E-state index in [4.69, 9.17) is 5.73 Å². The fourth-order valence-corrected chi connectivity index (χ4v) is 3.46. The Hall–Kier alpha value is -1.91. The minimum atomic E-state index is -0.896. The maximum atomic E-state index is 14.3. The lowest BCUT2D eigenvalue weighted by Crippen LogP contribution is -2.54. The Labute approximate surface area is 136 Å². The van der Waals surface area contributed by atoms with Gasteiger partial charge in [-0.3, -0.25) is 9.59 Å². The van der Waals surface area contributed by atoms with E-state index in [0.29, 0.717) is 18.4 Å². The SMILES string of the molecule is CCC(C)[C@H](NC(=O)C1(c2ccccc2F)CCCC1)C(N)=O. The van der Waals surface area contributed by atoms with Crippen molar-refractivity contribution in [2.24, 2.45) is 11.7 Å². The Morgan fingerprint density at radius 3 is 2.43 bits per heavy atom. The first-order chi connectivity index (χ1) is 10.9. The van der Waals surface area contributed by atoms with Crippen molar-refractivity contribution in [2.75, 3.05) is 0 Å². The molecule has 0 saturated heterocycles. The number of hydrogen-bond acceptors (Lipinski definition) is 2. The lowest BCUT2D eigenvalue weighted by atomic mass is 9.77. The zero-order valence-corrected chi connectivity index (χ0v) is 13.8. The van der Waals surface area contributed by atoms with E-state index in [1.54, 1.807) is 18.2 Å². The summed E-state index contributed by atoms with van der Waals surface area (Å²) < 4.78 is 14.3. The van der Waals surface area contributed by atoms with E-state index in [1.165, 1.54) is 6.07 Å². The fraction of sp³-hybridized carbons (Fsp3) is 0.556. The highest BCUT2D eigenvalue weighted by Crippen LogP contribution is 2.42. The average molecular weight is 320 g/mol. The predicted molar refractivity (Wildman–Crippen MR) is 87.1 cm³/mol. The van der Waals surface area contributed by atoms with Crippen molar-refractivity contribution in [3.05, 3.63) is 35.6 Å². The van der Waals surface area contributed by atoms with Gasteiger partial charge in [0.2, 0.25) is 11.8 Å². The number of nitrogens with two attached hydrogens (primary N) is 1. The first-order valence-electron chi connectivity index (χ1n) is 8.27. The van der Waals surface area contributed by atoms with Crippen LogP contribution >= 0.6 is 0 Å². The number of nitrogens with one attached hydrogen (secondary N) is 1. The second-order valence-electron chi connectivity index (χ2n) is 6.51. The van der Waals surface area contributed by atoms with E-state index < -0.39 is 17.4 Å². The van der Waals surface area contributed by atoms with Crippen LogP contribution in [0.5, 0.6) is 0 Å². The average Bonchev–Trinajstić information content (AvgIpc) is 3.02. The van der Waals surface area contributed by atoms with E-state index in [0.717, 1.165) is 19.3 Å². The lowest BCUT2D eigenvalue weighted by molar-refractivity contribution is -0.132. The fourth-order valence-electron chi connectivity index (χ4n) is 3.46. The van der Waals surface area contributed by atoms with E-state index in [1.807, 2.05) is 13.8 Å². The van der Waals surface area contributed by atoms with Gasteiger partial charge in [-0.15, -0.1) is 0 Å². The molecular weight excluding hydrogens is 295 g/mol. The first-order valence-corrected chi connectivity index (χ1v) is 8.27. The molecule has 2 rings (SSSR count). The third kappa shape index (κ3) is 3.38. The number of benzene rings is 1. The summed E-state index contributed by atoms with van der Waals surface area (Å²) in [6.07, 6.45) is 3.64. The van der Waals surface area contributed by atoms with E-state index in [2.05, 4.69) is 5.32 Å². The molecule has 0 radical (unpaired) electrons. The molecule has 1 saturated carbocycles. The quantitative estimate of drug-likeness (QED) is 0.846. The Kier molecular flexibility index (Phi) is 5.39. The second-order valence-corrected chi connectivity index (χ2v) is 6.51. The van der Waals surface area contributed by atoms with Gasteiger partial charge >= 0.3 is 0 Å². The van der Waals surface area contributed by atoms with Crippen LogP contribution in [-0.4, -0.2) is 17.9 Å². The summed E-state index contributed by atoms with van der Waals surface area (Å²) in [6.45, 7) is 3.81. The maximum absolute atomic E-state index is 14.3. The van der Waals surface area contributed by atoms with Crippen LogP contribution in [-0.2, 0) is 15.0 Å². The highest BCUT2D eigenvalue weighted by Gasteiger charge is 2.45. The van der Waals surface area contributed by atoms with Crippen LogP contribution in [0.1, 0.15) is 51.5 Å². The third-order valence-corrected chi connectivity index (χ3v) is 5.09. The number of hydrogen-bond donors (Lipinski definition) is 2. The number of amides is 2. The van der Waals surface area contributed by atoms with Crippen LogP contribution in [0.3, 0.4) is 0 Å². The lowest BCUT2D eigenvalue weighted by Gasteiger charge is -2.32. The van der Waals surface area contributed by atoms with E-state index in [9.17, 15) is 14.0 Å². The molecule has 2 amide bonds. The molecule has 2 atom stereocenters. The zero-order chi connectivity index (χ0) is 17.0. The Morgan fingerprint density at radius 2 is 1.91 bits per heavy atom. The molecule has 4 nitrogen and oxygen atoms in total. The van der Waals surface area contributed by atoms with Gasteiger partial charge in [-0.2, -0.15) is 0 Å². The van der Waals surface area contributed by atoms with Crippen molar-refractivity contribution >= 4 is 11.8 Å². The molecule has 5 heteroatoms. The summed E-state index contributed by atoms with van der Waals surface area (Å²) in [5.41, 5.74) is 4.97. The number of carbonyl (C=O) groups excluding carboxylic acids is 2. The molecule has 126 valence electrons. The zero-order valence-electron chi connectivity index (χ0n) is 13.8. The van der Waals surface area contributed by atoms with Gasteiger partial charge in [-0.25, -0.2) is 4.39 Å². The van der Waals surface area contributed by atoms with Gasteiger partial charge in [0.25, 0.3) is 0 Å². The van der Waals surface area contributed by atoms with Crippen LogP contribution in [0.2, 0.25) is 0 Å². The summed E-state index contributed by atoms with van der Waals surface area (Å²) in [5.74, 6) is -1.27. The van der Waals surface area contributed by atoms with Crippen LogP contribution in [0.15, 0.2) is 24.3 Å². The van der Waals surface area contributed by atoms with Gasteiger partial charge in [0, 0.05) is 5.56 Å². The molecule has 1 fully saturated rings. The summed E-state index contributed by atoms with van der Waals surface area (Å²) >= 11 is 0. The van der Waals surface area contributed by atoms with Gasteiger partial charge in [-0.1, -0.05) is 51.3 Å². The van der Waals surface area contributed by atoms with E-state index in [-0.39, 0.29) is 17.6 Å². The van der Waals surface area contributed by atoms with E-state index >= 15 is 0 Å². The van der Waals surface area contributed by atoms with Crippen molar-refractivity contribution in [1.29, 1.82) is 0 Å². The minimum absolute atomic E-state index is 0.0597. The standard InChI is InChI=1S/C18H25FN2O2/c1-3-12(2)15(16(20)22)21-17(23)18(10-6-7-11-18)13-8-4-5-9-14(13)19/h4-5,8-9,12,15H,3,6-7,10-11H2,1-2H3,(H2,20,22)(H,21,23)/t12?,15-/m0/s1. The molecule has 1 aliphatic rings. The Morgan fingerprint density at radius 1 is 1.30 bits per heavy atom. The van der Waals surface area contributed by atoms with Crippen LogP contribution < -0.4 is 11.1 Å². The summed E-state index contributed by atoms with van der Waals surface area (Å²) in [6, 6.07) is 5.68. The normalized spacial score (nSPS) is 19.1. The molecule has 0 aliphatic heterocycles. The summed E-state index contributed by atoms with van der Waals surface area (Å²) in [5, 5.41) is 2.80. The molecule has 0 bridgehead atoms. The second kappa shape index (κ2) is 7.11. The predicted octanol–water partition coefficient (Wildman–Crippen LogP) is 2.65. The smallest absolute Gasteiger partial charge is 0.240 e. The molecule has 1 aromatic carbocycles. The molecular formula is C18H25FN2O2. The maximum Gasteiger partial charge on any atom is 0.240 e. The van der Waals surface area contributed by atoms with Gasteiger partial charge in [-0.05, 0) is 24.8 Å². The largest absolute Gasteiger partial charge is 0.368 e. The Balaban J connectivity index is 2.33. The highest BCUT2D eigenvalue weighted by atomic mass is 19.1. The Bertz CT molecular complexity index is 582. The molecule has 1 unspecified atom stereocenters. The van der Waals surface area contributed by atoms with Crippen LogP contribution in [0, 0.1) is 11.7 Å². The van der Waals surface area contributed by atoms with Crippen molar-refractivity contribution in [1.82, 2.24) is 5.32 Å². The molecule has 1 aromatic rings. The number of primary amides is 1. The highest BCUT2D eigenvalue weighted by molar-refractivity contribution is 5.93. The third-order valence-electron chi connectivity index (χ3n) is 5.09. The van der Waals surface area contributed by atoms with Gasteiger partial charge in [0.05, 0.1) is 5.41 Å². The molecule has 0 heterocycles. The number of halogens is 1. The first kappa shape index (κ1) is 17.4. The monoisotopic (exact) mass is 320 g/mol. The van der Waals surface area contributed by atoms with Crippen molar-refractivity contribution in [2.45, 2.75) is 57.4 Å². The molecule has 0 spiro atoms. The van der Waals surface area contributed by atoms with Crippen molar-refractivity contribution in [3.63, 3.8) is 0 Å². The molecule has 3 N–H and O–H groups in total. The summed E-state index contributed by atoms with van der Waals surface area (Å²) in [4.78, 5) is 24.7. The van der Waals surface area contributed by atoms with Gasteiger partial charge < -0.3 is 11.1 Å². The van der Waals surface area contributed by atoms with Crippen molar-refractivity contribution < 1.29 is 14.0 Å². The van der Waals surface area contributed by atoms with Gasteiger partial charge in [0.1, 0.15) is 11.9 Å². The molecule has 23 heavy (non-hydrogen) atoms. The number of rotatable bonds is 6. The van der Waals surface area contributed by atoms with Gasteiger partial charge in [0.15, 0.2) is 0 Å². The van der Waals surface area contributed by atoms with Crippen LogP contribution in [0.25, 0.3) is 0 Å². The topological polar surface area (TPSA) is 72.2 Å². The molecule has 0 aromatic heterocycles. The number of carbonyl (C=O) groups is 2. The van der Waals surface area contributed by atoms with Crippen molar-refractivity contribution in [3.8, 4) is 0 Å². The summed E-state index contributed by atoms with van der Waals surface area (Å²) in [7, 11) is 0. The molecule has 1 aliphatic carbocycles.